The number of thioether (sulfide) groups is 1. The van der Waals surface area contributed by atoms with Crippen LogP contribution in [-0.4, -0.2) is 15.8 Å². The van der Waals surface area contributed by atoms with Crippen LogP contribution in [0.2, 0.25) is 0 Å². The van der Waals surface area contributed by atoms with Crippen LogP contribution >= 0.6 is 11.8 Å². The zero-order chi connectivity index (χ0) is 13.5. The number of nitro benzene ring substituents is 1. The summed E-state index contributed by atoms with van der Waals surface area (Å²) in [5, 5.41) is 11.0. The van der Waals surface area contributed by atoms with Gasteiger partial charge in [0.25, 0.3) is 5.69 Å². The summed E-state index contributed by atoms with van der Waals surface area (Å²) in [6.07, 6.45) is 4.34. The molecule has 1 aromatic carbocycles. The number of rotatable bonds is 5. The Labute approximate surface area is 110 Å². The minimum atomic E-state index is -0.378. The minimum absolute atomic E-state index is 0.0882. The van der Waals surface area contributed by atoms with E-state index in [0.717, 1.165) is 12.0 Å². The van der Waals surface area contributed by atoms with E-state index < -0.39 is 0 Å². The predicted molar refractivity (Wildman–Crippen MR) is 74.6 cm³/mol. The van der Waals surface area contributed by atoms with E-state index in [1.165, 1.54) is 24.8 Å². The van der Waals surface area contributed by atoms with Crippen molar-refractivity contribution in [3.63, 3.8) is 0 Å². The number of allylic oxidation sites excluding steroid dienone is 1. The van der Waals surface area contributed by atoms with Crippen LogP contribution in [0.3, 0.4) is 0 Å². The molecule has 0 heterocycles. The number of hydrogen-bond acceptors (Lipinski definition) is 4. The van der Waals surface area contributed by atoms with E-state index in [1.54, 1.807) is 12.1 Å². The minimum Gasteiger partial charge on any atom is -0.288 e. The lowest BCUT2D eigenvalue weighted by molar-refractivity contribution is -0.385. The lowest BCUT2D eigenvalue weighted by Gasteiger charge is -2.01. The van der Waals surface area contributed by atoms with Crippen molar-refractivity contribution in [3.8, 4) is 0 Å². The van der Waals surface area contributed by atoms with E-state index in [0.29, 0.717) is 11.3 Å². The first kappa shape index (κ1) is 14.4. The standard InChI is InChI=1S/C13H15NO3S/c1-10-6-5-8-13(14(16)17)12(10)7-3-4-9-18-11(2)15/h3,5-8H,4,9H2,1-2H3. The first-order valence-electron chi connectivity index (χ1n) is 5.56. The molecule has 5 heteroatoms. The predicted octanol–water partition coefficient (Wildman–Crippen LogP) is 3.59. The molecule has 4 nitrogen and oxygen atoms in total. The average Bonchev–Trinajstić information content (AvgIpc) is 2.29. The smallest absolute Gasteiger partial charge is 0.276 e. The molecular formula is C13H15NO3S. The lowest BCUT2D eigenvalue weighted by Crippen LogP contribution is -1.93. The fraction of sp³-hybridized carbons (Fsp3) is 0.308. The first-order chi connectivity index (χ1) is 8.52. The van der Waals surface area contributed by atoms with Crippen LogP contribution in [0.4, 0.5) is 5.69 Å². The fourth-order valence-electron chi connectivity index (χ4n) is 1.51. The fourth-order valence-corrected chi connectivity index (χ4v) is 2.05. The Morgan fingerprint density at radius 3 is 2.83 bits per heavy atom. The van der Waals surface area contributed by atoms with Crippen molar-refractivity contribution in [1.82, 2.24) is 0 Å². The van der Waals surface area contributed by atoms with Gasteiger partial charge in [0.15, 0.2) is 5.12 Å². The summed E-state index contributed by atoms with van der Waals surface area (Å²) in [6.45, 7) is 3.37. The summed E-state index contributed by atoms with van der Waals surface area (Å²) in [5.41, 5.74) is 1.63. The van der Waals surface area contributed by atoms with Crippen molar-refractivity contribution >= 4 is 28.6 Å². The Morgan fingerprint density at radius 1 is 1.50 bits per heavy atom. The second-order valence-corrected chi connectivity index (χ2v) is 5.07. The third-order valence-electron chi connectivity index (χ3n) is 2.37. The number of carbonyl (C=O) groups excluding carboxylic acids is 1. The van der Waals surface area contributed by atoms with Gasteiger partial charge in [0.05, 0.1) is 10.5 Å². The molecule has 18 heavy (non-hydrogen) atoms. The SMILES string of the molecule is CC(=O)SCCC=Cc1c(C)cccc1[N+](=O)[O-]. The Balaban J connectivity index is 2.74. The molecule has 0 N–H and O–H groups in total. The number of aryl methyl sites for hydroxylation is 1. The Kier molecular flexibility index (Phi) is 5.58. The second kappa shape index (κ2) is 6.96. The third-order valence-corrected chi connectivity index (χ3v) is 3.22. The molecule has 0 spiro atoms. The maximum Gasteiger partial charge on any atom is 0.276 e. The molecule has 0 saturated carbocycles. The molecular weight excluding hydrogens is 250 g/mol. The molecule has 0 fully saturated rings. The van der Waals surface area contributed by atoms with Gasteiger partial charge >= 0.3 is 0 Å². The van der Waals surface area contributed by atoms with Gasteiger partial charge in [0, 0.05) is 18.7 Å². The molecule has 0 saturated heterocycles. The van der Waals surface area contributed by atoms with Crippen LogP contribution in [-0.2, 0) is 4.79 Å². The molecule has 0 aliphatic heterocycles. The Bertz CT molecular complexity index is 483. The van der Waals surface area contributed by atoms with E-state index in [2.05, 4.69) is 0 Å². The van der Waals surface area contributed by atoms with Gasteiger partial charge in [0.2, 0.25) is 0 Å². The van der Waals surface area contributed by atoms with Crippen molar-refractivity contribution in [2.75, 3.05) is 5.75 Å². The Morgan fingerprint density at radius 2 is 2.22 bits per heavy atom. The number of carbonyl (C=O) groups is 1. The molecule has 0 aliphatic carbocycles. The van der Waals surface area contributed by atoms with Crippen LogP contribution in [0.1, 0.15) is 24.5 Å². The molecule has 0 atom stereocenters. The highest BCUT2D eigenvalue weighted by Gasteiger charge is 2.12. The van der Waals surface area contributed by atoms with Gasteiger partial charge in [-0.15, -0.1) is 0 Å². The summed E-state index contributed by atoms with van der Waals surface area (Å²) >= 11 is 1.26. The molecule has 0 radical (unpaired) electrons. The van der Waals surface area contributed by atoms with Gasteiger partial charge in [-0.1, -0.05) is 36.0 Å². The topological polar surface area (TPSA) is 60.2 Å². The third kappa shape index (κ3) is 4.33. The van der Waals surface area contributed by atoms with Crippen LogP contribution in [0, 0.1) is 17.0 Å². The Hall–Kier alpha value is -1.62. The van der Waals surface area contributed by atoms with Crippen molar-refractivity contribution in [2.24, 2.45) is 0 Å². The summed E-state index contributed by atoms with van der Waals surface area (Å²) in [5.74, 6) is 0.700. The summed E-state index contributed by atoms with van der Waals surface area (Å²) in [7, 11) is 0. The first-order valence-corrected chi connectivity index (χ1v) is 6.55. The molecule has 0 bridgehead atoms. The van der Waals surface area contributed by atoms with Gasteiger partial charge in [-0.2, -0.15) is 0 Å². The maximum absolute atomic E-state index is 10.9. The van der Waals surface area contributed by atoms with E-state index in [-0.39, 0.29) is 15.7 Å². The molecule has 0 aromatic heterocycles. The quantitative estimate of drug-likeness (QED) is 0.464. The summed E-state index contributed by atoms with van der Waals surface area (Å²) in [6, 6.07) is 5.02. The molecule has 0 aliphatic rings. The molecule has 0 unspecified atom stereocenters. The highest BCUT2D eigenvalue weighted by molar-refractivity contribution is 8.13. The normalized spacial score (nSPS) is 10.8. The van der Waals surface area contributed by atoms with Crippen LogP contribution < -0.4 is 0 Å². The number of hydrogen-bond donors (Lipinski definition) is 0. The van der Waals surface area contributed by atoms with Crippen molar-refractivity contribution < 1.29 is 9.72 Å². The zero-order valence-corrected chi connectivity index (χ0v) is 11.2. The maximum atomic E-state index is 10.9. The number of nitro groups is 1. The largest absolute Gasteiger partial charge is 0.288 e. The van der Waals surface area contributed by atoms with Crippen LogP contribution in [0.5, 0.6) is 0 Å². The van der Waals surface area contributed by atoms with Gasteiger partial charge in [-0.3, -0.25) is 14.9 Å². The van der Waals surface area contributed by atoms with Gasteiger partial charge in [0.1, 0.15) is 0 Å². The lowest BCUT2D eigenvalue weighted by atomic mass is 10.1. The summed E-state index contributed by atoms with van der Waals surface area (Å²) in [4.78, 5) is 21.2. The van der Waals surface area contributed by atoms with Gasteiger partial charge in [-0.25, -0.2) is 0 Å². The zero-order valence-electron chi connectivity index (χ0n) is 10.4. The van der Waals surface area contributed by atoms with Gasteiger partial charge in [-0.05, 0) is 18.9 Å². The van der Waals surface area contributed by atoms with E-state index in [1.807, 2.05) is 19.1 Å². The monoisotopic (exact) mass is 265 g/mol. The second-order valence-electron chi connectivity index (χ2n) is 3.80. The average molecular weight is 265 g/mol. The highest BCUT2D eigenvalue weighted by atomic mass is 32.2. The number of benzene rings is 1. The van der Waals surface area contributed by atoms with Gasteiger partial charge < -0.3 is 0 Å². The van der Waals surface area contributed by atoms with Crippen LogP contribution in [0.15, 0.2) is 24.3 Å². The molecule has 1 rings (SSSR count). The molecule has 1 aromatic rings. The highest BCUT2D eigenvalue weighted by Crippen LogP contribution is 2.23. The van der Waals surface area contributed by atoms with E-state index in [4.69, 9.17) is 0 Å². The van der Waals surface area contributed by atoms with E-state index >= 15 is 0 Å². The van der Waals surface area contributed by atoms with Crippen LogP contribution in [0.25, 0.3) is 6.08 Å². The molecule has 0 amide bonds. The summed E-state index contributed by atoms with van der Waals surface area (Å²) < 4.78 is 0. The van der Waals surface area contributed by atoms with E-state index in [9.17, 15) is 14.9 Å². The van der Waals surface area contributed by atoms with Crippen molar-refractivity contribution in [1.29, 1.82) is 0 Å². The number of nitrogens with zero attached hydrogens (tertiary/aromatic N) is 1. The molecule has 96 valence electrons. The van der Waals surface area contributed by atoms with Crippen molar-refractivity contribution in [2.45, 2.75) is 20.3 Å². The van der Waals surface area contributed by atoms with Crippen molar-refractivity contribution in [3.05, 3.63) is 45.5 Å².